The van der Waals surface area contributed by atoms with E-state index >= 15 is 0 Å². The summed E-state index contributed by atoms with van der Waals surface area (Å²) in [7, 11) is 0. The minimum absolute atomic E-state index is 0.287. The van der Waals surface area contributed by atoms with Gasteiger partial charge in [-0.2, -0.15) is 0 Å². The van der Waals surface area contributed by atoms with E-state index in [1.165, 1.54) is 12.1 Å². The number of halogens is 2. The van der Waals surface area contributed by atoms with Gasteiger partial charge in [0.25, 0.3) is 0 Å². The van der Waals surface area contributed by atoms with Crippen molar-refractivity contribution in [2.75, 3.05) is 0 Å². The highest BCUT2D eigenvalue weighted by Gasteiger charge is 2.16. The molecule has 1 aromatic heterocycles. The van der Waals surface area contributed by atoms with Crippen LogP contribution in [-0.4, -0.2) is 0 Å². The molecule has 0 saturated carbocycles. The Morgan fingerprint density at radius 3 is 2.61 bits per heavy atom. The highest BCUT2D eigenvalue weighted by Crippen LogP contribution is 2.21. The maximum Gasteiger partial charge on any atom is 0.129 e. The van der Waals surface area contributed by atoms with Crippen LogP contribution in [0.25, 0.3) is 0 Å². The molecule has 1 unspecified atom stereocenters. The molecule has 2 rings (SSSR count). The van der Waals surface area contributed by atoms with E-state index in [1.54, 1.807) is 12.1 Å². The summed E-state index contributed by atoms with van der Waals surface area (Å²) in [6.07, 6.45) is 0.287. The van der Waals surface area contributed by atoms with Crippen LogP contribution < -0.4 is 11.3 Å². The van der Waals surface area contributed by atoms with Crippen molar-refractivity contribution in [3.8, 4) is 0 Å². The van der Waals surface area contributed by atoms with Crippen LogP contribution in [-0.2, 0) is 6.42 Å². The van der Waals surface area contributed by atoms with Gasteiger partial charge in [-0.3, -0.25) is 5.84 Å². The lowest BCUT2D eigenvalue weighted by Gasteiger charge is -2.13. The second-order valence-electron chi connectivity index (χ2n) is 4.11. The minimum atomic E-state index is -0.595. The fraction of sp³-hybridized carbons (Fsp3) is 0.231. The third-order valence-electron chi connectivity index (χ3n) is 2.74. The van der Waals surface area contributed by atoms with E-state index in [2.05, 4.69) is 5.43 Å². The molecule has 18 heavy (non-hydrogen) atoms. The highest BCUT2D eigenvalue weighted by atomic mass is 19.1. The van der Waals surface area contributed by atoms with Crippen molar-refractivity contribution >= 4 is 0 Å². The number of rotatable bonds is 4. The fourth-order valence-electron chi connectivity index (χ4n) is 1.79. The summed E-state index contributed by atoms with van der Waals surface area (Å²) in [5.41, 5.74) is 2.95. The van der Waals surface area contributed by atoms with Gasteiger partial charge in [-0.05, 0) is 37.1 Å². The Hall–Kier alpha value is -1.72. The molecular formula is C13H14F2N2O. The molecule has 0 aliphatic heterocycles. The summed E-state index contributed by atoms with van der Waals surface area (Å²) < 4.78 is 31.8. The third kappa shape index (κ3) is 2.75. The van der Waals surface area contributed by atoms with Crippen molar-refractivity contribution in [1.29, 1.82) is 0 Å². The van der Waals surface area contributed by atoms with Crippen molar-refractivity contribution in [2.45, 2.75) is 19.4 Å². The molecule has 3 N–H and O–H groups in total. The van der Waals surface area contributed by atoms with Crippen molar-refractivity contribution in [3.05, 3.63) is 59.1 Å². The number of hydrazine groups is 1. The monoisotopic (exact) mass is 252 g/mol. The van der Waals surface area contributed by atoms with Crippen LogP contribution >= 0.6 is 0 Å². The minimum Gasteiger partial charge on any atom is -0.465 e. The number of nitrogens with two attached hydrogens (primary N) is 1. The summed E-state index contributed by atoms with van der Waals surface area (Å²) in [5.74, 6) is 5.63. The number of aryl methyl sites for hydroxylation is 1. The Kier molecular flexibility index (Phi) is 3.74. The summed E-state index contributed by atoms with van der Waals surface area (Å²) in [5, 5.41) is 0. The lowest BCUT2D eigenvalue weighted by Crippen LogP contribution is -2.29. The zero-order valence-electron chi connectivity index (χ0n) is 9.91. The van der Waals surface area contributed by atoms with Crippen molar-refractivity contribution < 1.29 is 13.2 Å². The molecule has 2 aromatic rings. The van der Waals surface area contributed by atoms with Crippen molar-refractivity contribution in [2.24, 2.45) is 5.84 Å². The fourth-order valence-corrected chi connectivity index (χ4v) is 1.79. The molecule has 3 nitrogen and oxygen atoms in total. The van der Waals surface area contributed by atoms with Gasteiger partial charge in [0.2, 0.25) is 0 Å². The van der Waals surface area contributed by atoms with E-state index in [0.29, 0.717) is 11.3 Å². The molecule has 0 spiro atoms. The van der Waals surface area contributed by atoms with Crippen molar-refractivity contribution in [3.63, 3.8) is 0 Å². The van der Waals surface area contributed by atoms with Gasteiger partial charge in [0.1, 0.15) is 23.2 Å². The normalized spacial score (nSPS) is 12.7. The maximum atomic E-state index is 13.5. The van der Waals surface area contributed by atoms with E-state index in [9.17, 15) is 8.78 Å². The second-order valence-corrected chi connectivity index (χ2v) is 4.11. The van der Waals surface area contributed by atoms with Crippen LogP contribution in [0.2, 0.25) is 0 Å². The standard InChI is InChI=1S/C13H14F2N2O/c1-8-2-5-13(18-8)12(17-16)6-9-3-4-10(14)7-11(9)15/h2-5,7,12,17H,6,16H2,1H3. The number of hydrogen-bond donors (Lipinski definition) is 2. The number of hydrogen-bond acceptors (Lipinski definition) is 3. The quantitative estimate of drug-likeness (QED) is 0.649. The van der Waals surface area contributed by atoms with Crippen LogP contribution in [0.1, 0.15) is 23.1 Å². The smallest absolute Gasteiger partial charge is 0.129 e. The number of benzene rings is 1. The SMILES string of the molecule is Cc1ccc(C(Cc2ccc(F)cc2F)NN)o1. The Morgan fingerprint density at radius 2 is 2.06 bits per heavy atom. The summed E-state index contributed by atoms with van der Waals surface area (Å²) in [6.45, 7) is 1.82. The molecule has 5 heteroatoms. The molecule has 0 fully saturated rings. The predicted octanol–water partition coefficient (Wildman–Crippen LogP) is 2.61. The van der Waals surface area contributed by atoms with Crippen LogP contribution in [0.4, 0.5) is 8.78 Å². The predicted molar refractivity (Wildman–Crippen MR) is 63.6 cm³/mol. The van der Waals surface area contributed by atoms with Crippen LogP contribution in [0, 0.1) is 18.6 Å². The van der Waals surface area contributed by atoms with E-state index < -0.39 is 11.6 Å². The first-order chi connectivity index (χ1) is 8.60. The summed E-state index contributed by atoms with van der Waals surface area (Å²) in [4.78, 5) is 0. The van der Waals surface area contributed by atoms with Gasteiger partial charge in [-0.25, -0.2) is 14.2 Å². The van der Waals surface area contributed by atoms with Gasteiger partial charge in [-0.15, -0.1) is 0 Å². The number of nitrogens with one attached hydrogen (secondary N) is 1. The zero-order valence-corrected chi connectivity index (χ0v) is 9.91. The first-order valence-electron chi connectivity index (χ1n) is 5.56. The molecule has 1 aromatic carbocycles. The van der Waals surface area contributed by atoms with Gasteiger partial charge < -0.3 is 4.42 Å². The second kappa shape index (κ2) is 5.29. The summed E-state index contributed by atoms with van der Waals surface area (Å²) in [6, 6.07) is 6.72. The molecule has 0 radical (unpaired) electrons. The molecule has 1 atom stereocenters. The first-order valence-corrected chi connectivity index (χ1v) is 5.56. The summed E-state index contributed by atoms with van der Waals surface area (Å²) >= 11 is 0. The molecule has 96 valence electrons. The lowest BCUT2D eigenvalue weighted by atomic mass is 10.0. The Labute approximate surface area is 104 Å². The molecule has 0 amide bonds. The van der Waals surface area contributed by atoms with Gasteiger partial charge in [0, 0.05) is 6.07 Å². The lowest BCUT2D eigenvalue weighted by molar-refractivity contribution is 0.399. The average Bonchev–Trinajstić information content (AvgIpc) is 2.75. The third-order valence-corrected chi connectivity index (χ3v) is 2.74. The van der Waals surface area contributed by atoms with E-state index in [1.807, 2.05) is 6.92 Å². The van der Waals surface area contributed by atoms with Crippen LogP contribution in [0.3, 0.4) is 0 Å². The Bertz CT molecular complexity index is 540. The molecule has 0 aliphatic carbocycles. The first kappa shape index (κ1) is 12.7. The van der Waals surface area contributed by atoms with Gasteiger partial charge in [0.15, 0.2) is 0 Å². The van der Waals surface area contributed by atoms with Crippen molar-refractivity contribution in [1.82, 2.24) is 5.43 Å². The van der Waals surface area contributed by atoms with Gasteiger partial charge in [0.05, 0.1) is 6.04 Å². The topological polar surface area (TPSA) is 51.2 Å². The molecular weight excluding hydrogens is 238 g/mol. The maximum absolute atomic E-state index is 13.5. The zero-order chi connectivity index (χ0) is 13.1. The number of furan rings is 1. The highest BCUT2D eigenvalue weighted by molar-refractivity contribution is 5.21. The van der Waals surface area contributed by atoms with Crippen LogP contribution in [0.15, 0.2) is 34.7 Å². The molecule has 0 bridgehead atoms. The van der Waals surface area contributed by atoms with E-state index in [0.717, 1.165) is 11.8 Å². The largest absolute Gasteiger partial charge is 0.465 e. The Morgan fingerprint density at radius 1 is 1.28 bits per heavy atom. The van der Waals surface area contributed by atoms with Crippen LogP contribution in [0.5, 0.6) is 0 Å². The van der Waals surface area contributed by atoms with E-state index in [-0.39, 0.29) is 12.5 Å². The average molecular weight is 252 g/mol. The van der Waals surface area contributed by atoms with E-state index in [4.69, 9.17) is 10.3 Å². The van der Waals surface area contributed by atoms with Gasteiger partial charge in [-0.1, -0.05) is 6.07 Å². The molecule has 0 saturated heterocycles. The Balaban J connectivity index is 2.20. The molecule has 1 heterocycles. The van der Waals surface area contributed by atoms with Gasteiger partial charge >= 0.3 is 0 Å². The molecule has 0 aliphatic rings.